The maximum Gasteiger partial charge on any atom is 0.326 e. The van der Waals surface area contributed by atoms with Gasteiger partial charge in [0.2, 0.25) is 5.95 Å². The Morgan fingerprint density at radius 3 is 2.80 bits per heavy atom. The van der Waals surface area contributed by atoms with Crippen molar-refractivity contribution in [2.45, 2.75) is 20.4 Å². The van der Waals surface area contributed by atoms with E-state index in [-0.39, 0.29) is 12.0 Å². The van der Waals surface area contributed by atoms with Gasteiger partial charge in [0.05, 0.1) is 6.54 Å². The van der Waals surface area contributed by atoms with Gasteiger partial charge >= 0.3 is 6.03 Å². The molecule has 3 rings (SSSR count). The van der Waals surface area contributed by atoms with Gasteiger partial charge in [-0.25, -0.2) is 14.5 Å². The number of hydrogen-bond donors (Lipinski definition) is 2. The Bertz CT molecular complexity index is 906. The van der Waals surface area contributed by atoms with Gasteiger partial charge in [-0.2, -0.15) is 0 Å². The third kappa shape index (κ3) is 4.58. The molecule has 1 aromatic heterocycles. The molecule has 0 spiro atoms. The van der Waals surface area contributed by atoms with Crippen molar-refractivity contribution in [2.24, 2.45) is 0 Å². The number of carbonyl (C=O) groups is 1. The molecule has 0 atom stereocenters. The highest BCUT2D eigenvalue weighted by molar-refractivity contribution is 6.30. The number of amides is 2. The molecule has 0 bridgehead atoms. The molecule has 25 heavy (non-hydrogen) atoms. The van der Waals surface area contributed by atoms with Crippen molar-refractivity contribution in [3.05, 3.63) is 70.5 Å². The van der Waals surface area contributed by atoms with Gasteiger partial charge < -0.3 is 5.32 Å². The lowest BCUT2D eigenvalue weighted by Gasteiger charge is -2.09. The maximum atomic E-state index is 12.1. The molecule has 1 heterocycles. The molecule has 0 saturated heterocycles. The predicted octanol–water partition coefficient (Wildman–Crippen LogP) is 4.24. The first-order valence-electron chi connectivity index (χ1n) is 7.79. The fourth-order valence-corrected chi connectivity index (χ4v) is 2.59. The average Bonchev–Trinajstić information content (AvgIpc) is 2.97. The van der Waals surface area contributed by atoms with Gasteiger partial charge in [0.25, 0.3) is 0 Å². The van der Waals surface area contributed by atoms with E-state index in [1.165, 1.54) is 0 Å². The topological polar surface area (TPSA) is 71.8 Å². The molecule has 0 aliphatic heterocycles. The van der Waals surface area contributed by atoms with Crippen molar-refractivity contribution in [1.29, 1.82) is 0 Å². The van der Waals surface area contributed by atoms with E-state index >= 15 is 0 Å². The van der Waals surface area contributed by atoms with Gasteiger partial charge in [0.1, 0.15) is 6.33 Å². The fourth-order valence-electron chi connectivity index (χ4n) is 2.38. The first kappa shape index (κ1) is 17.0. The standard InChI is InChI=1S/C18H18ClN5O/c1-12-6-7-13(2)16(8-12)21-18(25)22-17-20-11-24(23-17)10-14-4-3-5-15(19)9-14/h3-9,11H,10H2,1-2H3,(H2,21,22,23,25). The third-order valence-electron chi connectivity index (χ3n) is 3.64. The largest absolute Gasteiger partial charge is 0.326 e. The molecule has 0 fully saturated rings. The first-order chi connectivity index (χ1) is 12.0. The maximum absolute atomic E-state index is 12.1. The summed E-state index contributed by atoms with van der Waals surface area (Å²) in [6.07, 6.45) is 1.56. The van der Waals surface area contributed by atoms with Crippen LogP contribution in [-0.2, 0) is 6.54 Å². The van der Waals surface area contributed by atoms with Gasteiger partial charge in [0, 0.05) is 10.7 Å². The Hall–Kier alpha value is -2.86. The Balaban J connectivity index is 1.62. The van der Waals surface area contributed by atoms with Crippen LogP contribution in [0.25, 0.3) is 0 Å². The molecule has 2 amide bonds. The summed E-state index contributed by atoms with van der Waals surface area (Å²) < 4.78 is 1.64. The SMILES string of the molecule is Cc1ccc(C)c(NC(=O)Nc2ncn(Cc3cccc(Cl)c3)n2)c1. The van der Waals surface area contributed by atoms with Crippen LogP contribution in [0, 0.1) is 13.8 Å². The lowest BCUT2D eigenvalue weighted by molar-refractivity contribution is 0.262. The molecule has 3 aromatic rings. The van der Waals surface area contributed by atoms with Crippen LogP contribution in [0.3, 0.4) is 0 Å². The lowest BCUT2D eigenvalue weighted by atomic mass is 10.1. The molecule has 128 valence electrons. The smallest absolute Gasteiger partial charge is 0.307 e. The lowest BCUT2D eigenvalue weighted by Crippen LogP contribution is -2.21. The van der Waals surface area contributed by atoms with Crippen LogP contribution in [0.1, 0.15) is 16.7 Å². The summed E-state index contributed by atoms with van der Waals surface area (Å²) >= 11 is 5.98. The van der Waals surface area contributed by atoms with E-state index in [2.05, 4.69) is 20.7 Å². The Morgan fingerprint density at radius 1 is 1.16 bits per heavy atom. The summed E-state index contributed by atoms with van der Waals surface area (Å²) in [6, 6.07) is 13.0. The molecular formula is C18H18ClN5O. The molecule has 0 aliphatic rings. The molecule has 0 saturated carbocycles. The summed E-state index contributed by atoms with van der Waals surface area (Å²) in [5.41, 5.74) is 3.82. The van der Waals surface area contributed by atoms with E-state index < -0.39 is 0 Å². The molecule has 7 heteroatoms. The van der Waals surface area contributed by atoms with Crippen LogP contribution in [0.5, 0.6) is 0 Å². The van der Waals surface area contributed by atoms with Gasteiger partial charge in [0.15, 0.2) is 0 Å². The highest BCUT2D eigenvalue weighted by Crippen LogP contribution is 2.16. The Morgan fingerprint density at radius 2 is 2.00 bits per heavy atom. The number of nitrogens with zero attached hydrogens (tertiary/aromatic N) is 3. The number of carbonyl (C=O) groups excluding carboxylic acids is 1. The van der Waals surface area contributed by atoms with Crippen molar-refractivity contribution < 1.29 is 4.79 Å². The Labute approximate surface area is 150 Å². The zero-order valence-electron chi connectivity index (χ0n) is 14.0. The quantitative estimate of drug-likeness (QED) is 0.735. The normalized spacial score (nSPS) is 10.5. The number of aromatic nitrogens is 3. The molecule has 2 aromatic carbocycles. The van der Waals surface area contributed by atoms with Gasteiger partial charge in [-0.1, -0.05) is 35.9 Å². The summed E-state index contributed by atoms with van der Waals surface area (Å²) in [4.78, 5) is 16.2. The number of halogens is 1. The minimum Gasteiger partial charge on any atom is -0.307 e. The molecule has 6 nitrogen and oxygen atoms in total. The van der Waals surface area contributed by atoms with E-state index in [4.69, 9.17) is 11.6 Å². The highest BCUT2D eigenvalue weighted by Gasteiger charge is 2.08. The molecular weight excluding hydrogens is 338 g/mol. The predicted molar refractivity (Wildman–Crippen MR) is 99.1 cm³/mol. The van der Waals surface area contributed by atoms with E-state index in [0.29, 0.717) is 11.6 Å². The monoisotopic (exact) mass is 355 g/mol. The van der Waals surface area contributed by atoms with Crippen LogP contribution >= 0.6 is 11.6 Å². The summed E-state index contributed by atoms with van der Waals surface area (Å²) in [6.45, 7) is 4.43. The van der Waals surface area contributed by atoms with Crippen LogP contribution in [-0.4, -0.2) is 20.8 Å². The van der Waals surface area contributed by atoms with E-state index in [9.17, 15) is 4.79 Å². The van der Waals surface area contributed by atoms with Crippen molar-refractivity contribution in [3.8, 4) is 0 Å². The molecule has 0 unspecified atom stereocenters. The van der Waals surface area contributed by atoms with Crippen molar-refractivity contribution in [2.75, 3.05) is 10.6 Å². The summed E-state index contributed by atoms with van der Waals surface area (Å²) in [5, 5.41) is 10.4. The van der Waals surface area contributed by atoms with Crippen LogP contribution < -0.4 is 10.6 Å². The van der Waals surface area contributed by atoms with E-state index in [0.717, 1.165) is 22.4 Å². The number of benzene rings is 2. The van der Waals surface area contributed by atoms with Gasteiger partial charge in [-0.3, -0.25) is 5.32 Å². The van der Waals surface area contributed by atoms with Crippen molar-refractivity contribution in [3.63, 3.8) is 0 Å². The number of hydrogen-bond acceptors (Lipinski definition) is 3. The number of anilines is 2. The average molecular weight is 356 g/mol. The summed E-state index contributed by atoms with van der Waals surface area (Å²) in [7, 11) is 0. The first-order valence-corrected chi connectivity index (χ1v) is 8.16. The van der Waals surface area contributed by atoms with Crippen LogP contribution in [0.15, 0.2) is 48.8 Å². The minimum atomic E-state index is -0.380. The number of nitrogens with one attached hydrogen (secondary N) is 2. The fraction of sp³-hybridized carbons (Fsp3) is 0.167. The van der Waals surface area contributed by atoms with E-state index in [1.807, 2.05) is 56.3 Å². The van der Waals surface area contributed by atoms with Gasteiger partial charge in [-0.05, 0) is 48.7 Å². The third-order valence-corrected chi connectivity index (χ3v) is 3.87. The van der Waals surface area contributed by atoms with Crippen molar-refractivity contribution >= 4 is 29.3 Å². The Kier molecular flexibility index (Phi) is 5.00. The second kappa shape index (κ2) is 7.36. The zero-order chi connectivity index (χ0) is 17.8. The van der Waals surface area contributed by atoms with Gasteiger partial charge in [-0.15, -0.1) is 5.10 Å². The minimum absolute atomic E-state index is 0.241. The molecule has 0 radical (unpaired) electrons. The van der Waals surface area contributed by atoms with Crippen LogP contribution in [0.2, 0.25) is 5.02 Å². The highest BCUT2D eigenvalue weighted by atomic mass is 35.5. The molecule has 0 aliphatic carbocycles. The number of rotatable bonds is 4. The second-order valence-electron chi connectivity index (χ2n) is 5.79. The second-order valence-corrected chi connectivity index (χ2v) is 6.23. The zero-order valence-corrected chi connectivity index (χ0v) is 14.7. The number of aryl methyl sites for hydroxylation is 2. The van der Waals surface area contributed by atoms with Crippen LogP contribution in [0.4, 0.5) is 16.4 Å². The molecule has 2 N–H and O–H groups in total. The van der Waals surface area contributed by atoms with Crippen molar-refractivity contribution in [1.82, 2.24) is 14.8 Å². The summed E-state index contributed by atoms with van der Waals surface area (Å²) in [5.74, 6) is 0.241. The number of urea groups is 1. The van der Waals surface area contributed by atoms with E-state index in [1.54, 1.807) is 11.0 Å².